The molecule has 2 atom stereocenters. The van der Waals surface area contributed by atoms with Gasteiger partial charge in [0, 0.05) is 6.42 Å². The molecule has 0 saturated carbocycles. The Labute approximate surface area is 339 Å². The molecule has 0 aromatic rings. The van der Waals surface area contributed by atoms with Crippen LogP contribution >= 0.6 is 0 Å². The fraction of sp³-hybridized carbons (Fsp3) is 0.588. The minimum atomic E-state index is -0.861. The average Bonchev–Trinajstić information content (AvgIpc) is 3.19. The first-order chi connectivity index (χ1) is 27.2. The molecule has 55 heavy (non-hydrogen) atoms. The Morgan fingerprint density at radius 2 is 0.800 bits per heavy atom. The number of rotatable bonds is 38. The van der Waals surface area contributed by atoms with E-state index in [0.717, 1.165) is 96.3 Å². The Hall–Kier alpha value is -3.21. The van der Waals surface area contributed by atoms with Gasteiger partial charge in [0.25, 0.3) is 0 Å². The molecule has 4 nitrogen and oxygen atoms in total. The van der Waals surface area contributed by atoms with Crippen molar-refractivity contribution in [1.82, 2.24) is 5.32 Å². The van der Waals surface area contributed by atoms with Gasteiger partial charge in [-0.25, -0.2) is 0 Å². The van der Waals surface area contributed by atoms with Crippen molar-refractivity contribution in [2.24, 2.45) is 0 Å². The fourth-order valence-corrected chi connectivity index (χ4v) is 5.81. The first-order valence-electron chi connectivity index (χ1n) is 22.2. The zero-order chi connectivity index (χ0) is 40.0. The fourth-order valence-electron chi connectivity index (χ4n) is 5.81. The number of hydrogen-bond acceptors (Lipinski definition) is 3. The molecule has 0 aliphatic heterocycles. The molecule has 1 amide bonds. The lowest BCUT2D eigenvalue weighted by Crippen LogP contribution is -2.45. The summed E-state index contributed by atoms with van der Waals surface area (Å²) in [6.45, 7) is 4.15. The van der Waals surface area contributed by atoms with Crippen LogP contribution in [0.4, 0.5) is 0 Å². The summed E-state index contributed by atoms with van der Waals surface area (Å²) in [5, 5.41) is 22.9. The SMILES string of the molecule is CC/C=C\C/C=C\C/C=C\C/C=C\C/C=C\C/C=C\C/C=C\C/C=C\C/C=C\CCCCCC(=O)NC(CO)C(O)/C=C/CCCCCCCCCCCC. The molecule has 0 radical (unpaired) electrons. The Bertz CT molecular complexity index is 1130. The van der Waals surface area contributed by atoms with Crippen molar-refractivity contribution in [3.05, 3.63) is 122 Å². The quantitative estimate of drug-likeness (QED) is 0.0434. The molecule has 0 rings (SSSR count). The standard InChI is InChI=1S/C51H83NO3/c1-3-5-7-9-11-13-15-17-18-19-20-21-22-23-24-25-26-27-28-29-30-31-32-33-34-35-37-39-41-43-45-47-51(55)52-49(48-53)50(54)46-44-42-40-38-36-16-14-12-10-8-6-4-2/h5,7,11,13,17-18,20-21,23-24,26-27,29-30,32-33,35,37,44,46,49-50,53-54H,3-4,6,8-10,12,14-16,19,22,25,28,31,34,36,38-43,45,47-48H2,1-2H3,(H,52,55)/b7-5-,13-11-,18-17-,21-20-,24-23-,27-26-,30-29-,33-32-,37-35-,46-44+. The van der Waals surface area contributed by atoms with Crippen molar-refractivity contribution in [2.75, 3.05) is 6.61 Å². The molecule has 2 unspecified atom stereocenters. The molecule has 0 aromatic carbocycles. The van der Waals surface area contributed by atoms with Gasteiger partial charge >= 0.3 is 0 Å². The maximum Gasteiger partial charge on any atom is 0.220 e. The highest BCUT2D eigenvalue weighted by molar-refractivity contribution is 5.76. The summed E-state index contributed by atoms with van der Waals surface area (Å²) in [5.41, 5.74) is 0. The summed E-state index contributed by atoms with van der Waals surface area (Å²) in [6, 6.07) is -0.648. The highest BCUT2D eigenvalue weighted by Crippen LogP contribution is 2.12. The Kier molecular flexibility index (Phi) is 42.5. The van der Waals surface area contributed by atoms with Crippen LogP contribution in [0.5, 0.6) is 0 Å². The van der Waals surface area contributed by atoms with Crippen molar-refractivity contribution in [2.45, 2.75) is 187 Å². The van der Waals surface area contributed by atoms with E-state index in [9.17, 15) is 15.0 Å². The maximum absolute atomic E-state index is 12.4. The number of carbonyl (C=O) groups excluding carboxylic acids is 1. The van der Waals surface area contributed by atoms with E-state index in [-0.39, 0.29) is 12.5 Å². The van der Waals surface area contributed by atoms with Crippen LogP contribution in [-0.2, 0) is 4.79 Å². The maximum atomic E-state index is 12.4. The molecule has 0 spiro atoms. The number of aliphatic hydroxyl groups excluding tert-OH is 2. The summed E-state index contributed by atoms with van der Waals surface area (Å²) in [5.74, 6) is -0.103. The van der Waals surface area contributed by atoms with E-state index in [1.54, 1.807) is 6.08 Å². The van der Waals surface area contributed by atoms with Gasteiger partial charge < -0.3 is 15.5 Å². The minimum absolute atomic E-state index is 0.103. The van der Waals surface area contributed by atoms with E-state index >= 15 is 0 Å². The molecule has 0 aliphatic carbocycles. The van der Waals surface area contributed by atoms with E-state index in [1.807, 2.05) is 6.08 Å². The second kappa shape index (κ2) is 45.2. The van der Waals surface area contributed by atoms with Gasteiger partial charge in [0.15, 0.2) is 0 Å². The van der Waals surface area contributed by atoms with Crippen LogP contribution in [0, 0.1) is 0 Å². The number of hydrogen-bond donors (Lipinski definition) is 3. The smallest absolute Gasteiger partial charge is 0.220 e. The third-order valence-corrected chi connectivity index (χ3v) is 9.20. The van der Waals surface area contributed by atoms with E-state index in [1.165, 1.54) is 57.8 Å². The van der Waals surface area contributed by atoms with Gasteiger partial charge in [-0.3, -0.25) is 4.79 Å². The second-order valence-electron chi connectivity index (χ2n) is 14.4. The third kappa shape index (κ3) is 41.8. The van der Waals surface area contributed by atoms with Crippen LogP contribution in [0.25, 0.3) is 0 Å². The Morgan fingerprint density at radius 3 is 1.20 bits per heavy atom. The number of allylic oxidation sites excluding steroid dienone is 19. The zero-order valence-corrected chi connectivity index (χ0v) is 35.4. The van der Waals surface area contributed by atoms with E-state index in [0.29, 0.717) is 6.42 Å². The van der Waals surface area contributed by atoms with Crippen molar-refractivity contribution >= 4 is 5.91 Å². The van der Waals surface area contributed by atoms with Crippen LogP contribution in [0.1, 0.15) is 174 Å². The Balaban J connectivity index is 3.75. The van der Waals surface area contributed by atoms with E-state index < -0.39 is 12.1 Å². The number of nitrogens with one attached hydrogen (secondary N) is 1. The van der Waals surface area contributed by atoms with E-state index in [4.69, 9.17) is 0 Å². The zero-order valence-electron chi connectivity index (χ0n) is 35.4. The number of unbranched alkanes of at least 4 members (excludes halogenated alkanes) is 13. The average molecular weight is 758 g/mol. The lowest BCUT2D eigenvalue weighted by molar-refractivity contribution is -0.123. The predicted octanol–water partition coefficient (Wildman–Crippen LogP) is 14.2. The molecular formula is C51H83NO3. The summed E-state index contributed by atoms with van der Waals surface area (Å²) in [4.78, 5) is 12.4. The summed E-state index contributed by atoms with van der Waals surface area (Å²) >= 11 is 0. The molecule has 0 aliphatic rings. The molecule has 0 bridgehead atoms. The van der Waals surface area contributed by atoms with Gasteiger partial charge in [-0.15, -0.1) is 0 Å². The Morgan fingerprint density at radius 1 is 0.455 bits per heavy atom. The van der Waals surface area contributed by atoms with Crippen LogP contribution in [0.3, 0.4) is 0 Å². The molecule has 4 heteroatoms. The molecule has 0 aromatic heterocycles. The van der Waals surface area contributed by atoms with Crippen molar-refractivity contribution < 1.29 is 15.0 Å². The minimum Gasteiger partial charge on any atom is -0.394 e. The van der Waals surface area contributed by atoms with Gasteiger partial charge in [-0.2, -0.15) is 0 Å². The highest BCUT2D eigenvalue weighted by Gasteiger charge is 2.17. The molecule has 0 heterocycles. The van der Waals surface area contributed by atoms with Crippen LogP contribution in [0.2, 0.25) is 0 Å². The van der Waals surface area contributed by atoms with Crippen LogP contribution in [-0.4, -0.2) is 34.9 Å². The van der Waals surface area contributed by atoms with Crippen molar-refractivity contribution in [3.8, 4) is 0 Å². The first kappa shape index (κ1) is 51.8. The lowest BCUT2D eigenvalue weighted by atomic mass is 10.1. The number of carbonyl (C=O) groups is 1. The predicted molar refractivity (Wildman–Crippen MR) is 243 cm³/mol. The second-order valence-corrected chi connectivity index (χ2v) is 14.4. The van der Waals surface area contributed by atoms with E-state index in [2.05, 4.69) is 129 Å². The van der Waals surface area contributed by atoms with Gasteiger partial charge in [0.05, 0.1) is 18.8 Å². The molecule has 3 N–H and O–H groups in total. The molecule has 310 valence electrons. The largest absolute Gasteiger partial charge is 0.394 e. The van der Waals surface area contributed by atoms with Crippen molar-refractivity contribution in [3.63, 3.8) is 0 Å². The summed E-state index contributed by atoms with van der Waals surface area (Å²) in [7, 11) is 0. The summed E-state index contributed by atoms with van der Waals surface area (Å²) < 4.78 is 0. The van der Waals surface area contributed by atoms with Crippen molar-refractivity contribution in [1.29, 1.82) is 0 Å². The summed E-state index contributed by atoms with van der Waals surface area (Å²) in [6.07, 6.45) is 70.2. The lowest BCUT2D eigenvalue weighted by Gasteiger charge is -2.19. The molecular weight excluding hydrogens is 675 g/mol. The number of amides is 1. The van der Waals surface area contributed by atoms with Gasteiger partial charge in [-0.1, -0.05) is 200 Å². The van der Waals surface area contributed by atoms with Gasteiger partial charge in [0.1, 0.15) is 0 Å². The molecule has 0 fully saturated rings. The normalized spacial score (nSPS) is 14.2. The highest BCUT2D eigenvalue weighted by atomic mass is 16.3. The molecule has 0 saturated heterocycles. The van der Waals surface area contributed by atoms with Gasteiger partial charge in [0.2, 0.25) is 5.91 Å². The third-order valence-electron chi connectivity index (χ3n) is 9.20. The van der Waals surface area contributed by atoms with Crippen LogP contribution in [0.15, 0.2) is 122 Å². The van der Waals surface area contributed by atoms with Gasteiger partial charge in [-0.05, 0) is 89.9 Å². The topological polar surface area (TPSA) is 69.6 Å². The first-order valence-corrected chi connectivity index (χ1v) is 22.2. The van der Waals surface area contributed by atoms with Crippen LogP contribution < -0.4 is 5.32 Å². The number of aliphatic hydroxyl groups is 2. The monoisotopic (exact) mass is 758 g/mol.